The van der Waals surface area contributed by atoms with Crippen LogP contribution in [0.5, 0.6) is 0 Å². The predicted octanol–water partition coefficient (Wildman–Crippen LogP) is 2.27. The number of rotatable bonds is 1. The van der Waals surface area contributed by atoms with Gasteiger partial charge in [0.15, 0.2) is 0 Å². The lowest BCUT2D eigenvalue weighted by atomic mass is 10.1. The molecule has 80 valence electrons. The average molecular weight is 223 g/mol. The summed E-state index contributed by atoms with van der Waals surface area (Å²) in [6.07, 6.45) is 0. The number of fused-ring (bicyclic) bond motifs is 1. The van der Waals surface area contributed by atoms with E-state index >= 15 is 0 Å². The van der Waals surface area contributed by atoms with Gasteiger partial charge in [-0.25, -0.2) is 0 Å². The molecule has 1 unspecified atom stereocenters. The number of carbonyl (C=O) groups is 1. The van der Waals surface area contributed by atoms with Gasteiger partial charge in [-0.1, -0.05) is 12.1 Å². The minimum Gasteiger partial charge on any atom is -0.480 e. The van der Waals surface area contributed by atoms with Crippen LogP contribution < -0.4 is 5.32 Å². The van der Waals surface area contributed by atoms with Gasteiger partial charge in [0.05, 0.1) is 5.69 Å². The number of carboxylic acid groups (broad SMARTS) is 1. The Morgan fingerprint density at radius 2 is 2.13 bits per heavy atom. The van der Waals surface area contributed by atoms with Crippen LogP contribution in [0.4, 0.5) is 5.69 Å². The lowest BCUT2D eigenvalue weighted by Gasteiger charge is -2.25. The first-order chi connectivity index (χ1) is 7.09. The molecule has 0 aliphatic carbocycles. The molecule has 0 bridgehead atoms. The van der Waals surface area contributed by atoms with E-state index in [2.05, 4.69) is 11.4 Å². The topological polar surface area (TPSA) is 49.3 Å². The summed E-state index contributed by atoms with van der Waals surface area (Å²) in [5, 5.41) is 11.8. The van der Waals surface area contributed by atoms with E-state index in [0.717, 1.165) is 16.1 Å². The Balaban J connectivity index is 2.41. The number of thioether (sulfide) groups is 1. The SMILES string of the molecule is Cc1ccc(C)c2c1NCC(C(=O)O)S2. The van der Waals surface area contributed by atoms with Crippen molar-refractivity contribution >= 4 is 23.4 Å². The predicted molar refractivity (Wildman–Crippen MR) is 61.7 cm³/mol. The van der Waals surface area contributed by atoms with Crippen molar-refractivity contribution in [1.29, 1.82) is 0 Å². The molecule has 0 aromatic heterocycles. The number of carboxylic acids is 1. The second-order valence-electron chi connectivity index (χ2n) is 3.73. The van der Waals surface area contributed by atoms with Gasteiger partial charge in [-0.15, -0.1) is 11.8 Å². The van der Waals surface area contributed by atoms with Crippen molar-refractivity contribution in [3.05, 3.63) is 23.3 Å². The molecule has 1 heterocycles. The Morgan fingerprint density at radius 1 is 1.47 bits per heavy atom. The third kappa shape index (κ3) is 1.81. The fraction of sp³-hybridized carbons (Fsp3) is 0.364. The van der Waals surface area contributed by atoms with Gasteiger partial charge in [0.2, 0.25) is 0 Å². The van der Waals surface area contributed by atoms with Crippen molar-refractivity contribution in [2.45, 2.75) is 24.0 Å². The average Bonchev–Trinajstić information content (AvgIpc) is 2.23. The third-order valence-corrected chi connectivity index (χ3v) is 3.98. The Morgan fingerprint density at radius 3 is 2.80 bits per heavy atom. The summed E-state index contributed by atoms with van der Waals surface area (Å²) in [7, 11) is 0. The van der Waals surface area contributed by atoms with E-state index in [9.17, 15) is 4.79 Å². The molecule has 1 aromatic carbocycles. The molecule has 1 atom stereocenters. The number of nitrogens with one attached hydrogen (secondary N) is 1. The van der Waals surface area contributed by atoms with Crippen LogP contribution in [0.25, 0.3) is 0 Å². The van der Waals surface area contributed by atoms with Gasteiger partial charge in [0.25, 0.3) is 0 Å². The van der Waals surface area contributed by atoms with Crippen LogP contribution in [0.2, 0.25) is 0 Å². The van der Waals surface area contributed by atoms with Crippen molar-refractivity contribution in [3.63, 3.8) is 0 Å². The molecule has 0 radical (unpaired) electrons. The molecule has 1 aliphatic heterocycles. The number of aryl methyl sites for hydroxylation is 2. The van der Waals surface area contributed by atoms with E-state index in [1.54, 1.807) is 0 Å². The van der Waals surface area contributed by atoms with Gasteiger partial charge in [-0.2, -0.15) is 0 Å². The van der Waals surface area contributed by atoms with Crippen molar-refractivity contribution in [2.75, 3.05) is 11.9 Å². The molecule has 3 nitrogen and oxygen atoms in total. The Bertz CT molecular complexity index is 417. The first-order valence-electron chi connectivity index (χ1n) is 4.83. The standard InChI is InChI=1S/C11H13NO2S/c1-6-3-4-7(2)10-9(6)12-5-8(15-10)11(13)14/h3-4,8,12H,5H2,1-2H3,(H,13,14). The van der Waals surface area contributed by atoms with Crippen LogP contribution in [-0.2, 0) is 4.79 Å². The number of hydrogen-bond donors (Lipinski definition) is 2. The molecule has 0 saturated heterocycles. The maximum atomic E-state index is 10.9. The molecule has 1 aromatic rings. The maximum Gasteiger partial charge on any atom is 0.318 e. The highest BCUT2D eigenvalue weighted by molar-refractivity contribution is 8.01. The van der Waals surface area contributed by atoms with E-state index in [4.69, 9.17) is 5.11 Å². The van der Waals surface area contributed by atoms with Crippen molar-refractivity contribution in [1.82, 2.24) is 0 Å². The molecule has 2 N–H and O–H groups in total. The fourth-order valence-electron chi connectivity index (χ4n) is 1.67. The van der Waals surface area contributed by atoms with Crippen LogP contribution >= 0.6 is 11.8 Å². The summed E-state index contributed by atoms with van der Waals surface area (Å²) in [5.74, 6) is -0.751. The first-order valence-corrected chi connectivity index (χ1v) is 5.71. The third-order valence-electron chi connectivity index (χ3n) is 2.56. The highest BCUT2D eigenvalue weighted by Gasteiger charge is 2.26. The number of hydrogen-bond acceptors (Lipinski definition) is 3. The van der Waals surface area contributed by atoms with Crippen LogP contribution in [0, 0.1) is 13.8 Å². The molecule has 0 fully saturated rings. The minimum atomic E-state index is -0.751. The summed E-state index contributed by atoms with van der Waals surface area (Å²) < 4.78 is 0. The highest BCUT2D eigenvalue weighted by Crippen LogP contribution is 2.39. The van der Waals surface area contributed by atoms with E-state index in [-0.39, 0.29) is 5.25 Å². The zero-order valence-electron chi connectivity index (χ0n) is 8.70. The quantitative estimate of drug-likeness (QED) is 0.767. The molecule has 4 heteroatoms. The van der Waals surface area contributed by atoms with Gasteiger partial charge in [0.1, 0.15) is 5.25 Å². The van der Waals surface area contributed by atoms with Crippen LogP contribution in [0.1, 0.15) is 11.1 Å². The lowest BCUT2D eigenvalue weighted by Crippen LogP contribution is -2.29. The summed E-state index contributed by atoms with van der Waals surface area (Å²) in [5.41, 5.74) is 3.41. The Hall–Kier alpha value is -1.16. The van der Waals surface area contributed by atoms with Gasteiger partial charge < -0.3 is 10.4 Å². The molecule has 0 spiro atoms. The van der Waals surface area contributed by atoms with Crippen LogP contribution in [-0.4, -0.2) is 22.9 Å². The van der Waals surface area contributed by atoms with E-state index < -0.39 is 5.97 Å². The largest absolute Gasteiger partial charge is 0.480 e. The zero-order valence-corrected chi connectivity index (χ0v) is 9.52. The summed E-state index contributed by atoms with van der Waals surface area (Å²) in [4.78, 5) is 12.0. The van der Waals surface area contributed by atoms with Crippen LogP contribution in [0.3, 0.4) is 0 Å². The fourth-order valence-corrected chi connectivity index (χ4v) is 2.83. The maximum absolute atomic E-state index is 10.9. The monoisotopic (exact) mass is 223 g/mol. The molecule has 0 amide bonds. The van der Waals surface area contributed by atoms with E-state index in [1.807, 2.05) is 19.9 Å². The Kier molecular flexibility index (Phi) is 2.61. The van der Waals surface area contributed by atoms with Gasteiger partial charge in [0, 0.05) is 11.4 Å². The highest BCUT2D eigenvalue weighted by atomic mass is 32.2. The summed E-state index contributed by atoms with van der Waals surface area (Å²) in [6, 6.07) is 4.09. The van der Waals surface area contributed by atoms with E-state index in [0.29, 0.717) is 6.54 Å². The molecule has 2 rings (SSSR count). The smallest absolute Gasteiger partial charge is 0.318 e. The summed E-state index contributed by atoms with van der Waals surface area (Å²) >= 11 is 1.44. The second kappa shape index (κ2) is 3.77. The molecule has 15 heavy (non-hydrogen) atoms. The normalized spacial score (nSPS) is 19.2. The zero-order chi connectivity index (χ0) is 11.0. The molecular weight excluding hydrogens is 210 g/mol. The second-order valence-corrected chi connectivity index (χ2v) is 4.94. The van der Waals surface area contributed by atoms with Crippen molar-refractivity contribution in [2.24, 2.45) is 0 Å². The van der Waals surface area contributed by atoms with Crippen molar-refractivity contribution in [3.8, 4) is 0 Å². The van der Waals surface area contributed by atoms with Gasteiger partial charge in [-0.3, -0.25) is 4.79 Å². The molecule has 0 saturated carbocycles. The Labute approximate surface area is 92.9 Å². The molecular formula is C11H13NO2S. The van der Waals surface area contributed by atoms with E-state index in [1.165, 1.54) is 17.3 Å². The van der Waals surface area contributed by atoms with Crippen LogP contribution in [0.15, 0.2) is 17.0 Å². The van der Waals surface area contributed by atoms with Gasteiger partial charge >= 0.3 is 5.97 Å². The molecule has 1 aliphatic rings. The summed E-state index contributed by atoms with van der Waals surface area (Å²) in [6.45, 7) is 4.54. The van der Waals surface area contributed by atoms with Crippen molar-refractivity contribution < 1.29 is 9.90 Å². The first kappa shape index (κ1) is 10.4. The number of aliphatic carboxylic acids is 1. The number of benzene rings is 1. The van der Waals surface area contributed by atoms with Gasteiger partial charge in [-0.05, 0) is 25.0 Å². The minimum absolute atomic E-state index is 0.377. The number of anilines is 1. The lowest BCUT2D eigenvalue weighted by molar-refractivity contribution is -0.136.